The van der Waals surface area contributed by atoms with E-state index < -0.39 is 12.1 Å². The number of pyridine rings is 1. The molecule has 5 rings (SSSR count). The zero-order valence-corrected chi connectivity index (χ0v) is 20.5. The monoisotopic (exact) mass is 515 g/mol. The van der Waals surface area contributed by atoms with Gasteiger partial charge < -0.3 is 14.6 Å². The smallest absolute Gasteiger partial charge is 0.475 e. The van der Waals surface area contributed by atoms with E-state index in [4.69, 9.17) is 15.0 Å². The number of aliphatic carboxylic acids is 1. The van der Waals surface area contributed by atoms with Crippen molar-refractivity contribution in [3.63, 3.8) is 0 Å². The molecule has 0 atom stereocenters. The Labute approximate surface area is 212 Å². The lowest BCUT2D eigenvalue weighted by Crippen LogP contribution is -2.34. The Hall–Kier alpha value is -3.89. The molecule has 3 aromatic rings. The SMILES string of the molecule is CC(C)n1ccc2c1CN(C(=O)C1CC=CC1)Cc1cn(Cc3ccccn3)nc1-2.O=C(O)C(F)(F)F. The number of carbonyl (C=O) groups is 2. The Morgan fingerprint density at radius 3 is 2.43 bits per heavy atom. The highest BCUT2D eigenvalue weighted by molar-refractivity contribution is 5.81. The normalized spacial score (nSPS) is 15.1. The van der Waals surface area contributed by atoms with Gasteiger partial charge in [-0.05, 0) is 44.9 Å². The molecule has 0 bridgehead atoms. The standard InChI is InChI=1S/C24H27N5O.C2HF3O2/c1-17(2)29-12-10-21-22(29)16-27(24(30)18-7-3-4-8-18)13-19-14-28(26-23(19)21)15-20-9-5-6-11-25-20;3-2(4,5)1(6)7/h3-6,9-12,14,17-18H,7-8,13,15-16H2,1-2H3;(H,6,7). The van der Waals surface area contributed by atoms with E-state index >= 15 is 0 Å². The number of halogens is 3. The zero-order valence-electron chi connectivity index (χ0n) is 20.5. The zero-order chi connectivity index (χ0) is 26.7. The molecule has 0 fully saturated rings. The van der Waals surface area contributed by atoms with Crippen molar-refractivity contribution >= 4 is 11.9 Å². The molecule has 1 N–H and O–H groups in total. The summed E-state index contributed by atoms with van der Waals surface area (Å²) < 4.78 is 36.0. The first-order valence-corrected chi connectivity index (χ1v) is 11.9. The van der Waals surface area contributed by atoms with Crippen LogP contribution in [0.4, 0.5) is 13.2 Å². The second-order valence-electron chi connectivity index (χ2n) is 9.34. The van der Waals surface area contributed by atoms with Gasteiger partial charge in [-0.15, -0.1) is 0 Å². The van der Waals surface area contributed by atoms with Crippen molar-refractivity contribution in [3.8, 4) is 11.3 Å². The Bertz CT molecular complexity index is 1290. The molecule has 3 aromatic heterocycles. The lowest BCUT2D eigenvalue weighted by molar-refractivity contribution is -0.192. The van der Waals surface area contributed by atoms with Crippen LogP contribution >= 0.6 is 0 Å². The molecule has 0 radical (unpaired) electrons. The first-order chi connectivity index (χ1) is 17.5. The van der Waals surface area contributed by atoms with E-state index in [-0.39, 0.29) is 11.8 Å². The van der Waals surface area contributed by atoms with Gasteiger partial charge in [0.1, 0.15) is 0 Å². The van der Waals surface area contributed by atoms with Crippen LogP contribution in [0.1, 0.15) is 49.7 Å². The number of carboxylic acids is 1. The number of nitrogens with zero attached hydrogens (tertiary/aromatic N) is 5. The number of allylic oxidation sites excluding steroid dienone is 2. The quantitative estimate of drug-likeness (QED) is 0.503. The maximum Gasteiger partial charge on any atom is 0.490 e. The summed E-state index contributed by atoms with van der Waals surface area (Å²) in [6.45, 7) is 6.21. The van der Waals surface area contributed by atoms with Crippen LogP contribution in [0.15, 0.2) is 55.0 Å². The molecule has 0 saturated carbocycles. The van der Waals surface area contributed by atoms with E-state index in [9.17, 15) is 18.0 Å². The molecular weight excluding hydrogens is 487 g/mol. The van der Waals surface area contributed by atoms with Gasteiger partial charge in [-0.1, -0.05) is 18.2 Å². The summed E-state index contributed by atoms with van der Waals surface area (Å²) >= 11 is 0. The van der Waals surface area contributed by atoms with Gasteiger partial charge in [0.2, 0.25) is 5.91 Å². The highest BCUT2D eigenvalue weighted by atomic mass is 19.4. The highest BCUT2D eigenvalue weighted by Gasteiger charge is 2.38. The first kappa shape index (κ1) is 26.2. The summed E-state index contributed by atoms with van der Waals surface area (Å²) in [4.78, 5) is 28.7. The van der Waals surface area contributed by atoms with Crippen LogP contribution in [0.25, 0.3) is 11.3 Å². The van der Waals surface area contributed by atoms with Gasteiger partial charge in [0, 0.05) is 53.9 Å². The molecule has 37 heavy (non-hydrogen) atoms. The Balaban J connectivity index is 0.000000405. The average molecular weight is 516 g/mol. The highest BCUT2D eigenvalue weighted by Crippen LogP contribution is 2.35. The fourth-order valence-corrected chi connectivity index (χ4v) is 4.57. The minimum atomic E-state index is -5.08. The number of rotatable bonds is 4. The fourth-order valence-electron chi connectivity index (χ4n) is 4.57. The van der Waals surface area contributed by atoms with Gasteiger partial charge >= 0.3 is 12.1 Å². The van der Waals surface area contributed by atoms with Crippen molar-refractivity contribution in [1.82, 2.24) is 24.2 Å². The Kier molecular flexibility index (Phi) is 7.51. The Morgan fingerprint density at radius 1 is 1.14 bits per heavy atom. The van der Waals surface area contributed by atoms with Crippen molar-refractivity contribution < 1.29 is 27.9 Å². The lowest BCUT2D eigenvalue weighted by atomic mass is 10.1. The maximum absolute atomic E-state index is 13.3. The topological polar surface area (TPSA) is 93.3 Å². The summed E-state index contributed by atoms with van der Waals surface area (Å²) in [6.07, 6.45) is 6.87. The largest absolute Gasteiger partial charge is 0.490 e. The van der Waals surface area contributed by atoms with Crippen LogP contribution in [0, 0.1) is 5.92 Å². The third kappa shape index (κ3) is 5.92. The number of carbonyl (C=O) groups excluding carboxylic acids is 1. The third-order valence-electron chi connectivity index (χ3n) is 6.34. The molecule has 0 spiro atoms. The number of aromatic nitrogens is 4. The van der Waals surface area contributed by atoms with Crippen molar-refractivity contribution in [3.05, 3.63) is 72.0 Å². The van der Waals surface area contributed by atoms with Crippen LogP contribution in [-0.4, -0.2) is 47.4 Å². The molecule has 0 saturated heterocycles. The van der Waals surface area contributed by atoms with Crippen LogP contribution in [-0.2, 0) is 29.2 Å². The number of alkyl halides is 3. The molecule has 2 aliphatic rings. The van der Waals surface area contributed by atoms with Gasteiger partial charge in [0.25, 0.3) is 0 Å². The predicted octanol–water partition coefficient (Wildman–Crippen LogP) is 4.82. The number of hydrogen-bond donors (Lipinski definition) is 1. The summed E-state index contributed by atoms with van der Waals surface area (Å²) in [6, 6.07) is 8.40. The van der Waals surface area contributed by atoms with E-state index in [0.717, 1.165) is 35.4 Å². The number of carboxylic acid groups (broad SMARTS) is 1. The molecule has 1 amide bonds. The fraction of sp³-hybridized carbons (Fsp3) is 0.385. The summed E-state index contributed by atoms with van der Waals surface area (Å²) in [7, 11) is 0. The Morgan fingerprint density at radius 2 is 1.84 bits per heavy atom. The van der Waals surface area contributed by atoms with Crippen LogP contribution in [0.3, 0.4) is 0 Å². The van der Waals surface area contributed by atoms with Gasteiger partial charge in [0.05, 0.1) is 24.5 Å². The lowest BCUT2D eigenvalue weighted by Gasteiger charge is -2.25. The third-order valence-corrected chi connectivity index (χ3v) is 6.34. The molecule has 0 aromatic carbocycles. The molecule has 196 valence electrons. The minimum Gasteiger partial charge on any atom is -0.475 e. The van der Waals surface area contributed by atoms with Gasteiger partial charge in [-0.2, -0.15) is 18.3 Å². The van der Waals surface area contributed by atoms with Crippen molar-refractivity contribution in [1.29, 1.82) is 0 Å². The van der Waals surface area contributed by atoms with Crippen LogP contribution < -0.4 is 0 Å². The second-order valence-corrected chi connectivity index (χ2v) is 9.34. The number of fused-ring (bicyclic) bond motifs is 3. The summed E-state index contributed by atoms with van der Waals surface area (Å²) in [5, 5.41) is 12.0. The first-order valence-electron chi connectivity index (χ1n) is 11.9. The van der Waals surface area contributed by atoms with Gasteiger partial charge in [-0.3, -0.25) is 14.5 Å². The van der Waals surface area contributed by atoms with E-state index in [1.54, 1.807) is 6.20 Å². The van der Waals surface area contributed by atoms with E-state index in [1.165, 1.54) is 5.69 Å². The molecular formula is C26H28F3N5O3. The van der Waals surface area contributed by atoms with Gasteiger partial charge in [-0.25, -0.2) is 4.79 Å². The van der Waals surface area contributed by atoms with Crippen LogP contribution in [0.5, 0.6) is 0 Å². The van der Waals surface area contributed by atoms with Crippen LogP contribution in [0.2, 0.25) is 0 Å². The molecule has 8 nitrogen and oxygen atoms in total. The number of hydrogen-bond acceptors (Lipinski definition) is 4. The van der Waals surface area contributed by atoms with Crippen molar-refractivity contribution in [2.45, 2.75) is 58.5 Å². The predicted molar refractivity (Wildman–Crippen MR) is 129 cm³/mol. The molecule has 1 aliphatic carbocycles. The van der Waals surface area contributed by atoms with Crippen molar-refractivity contribution in [2.24, 2.45) is 5.92 Å². The molecule has 4 heterocycles. The van der Waals surface area contributed by atoms with E-state index in [1.807, 2.05) is 27.8 Å². The summed E-state index contributed by atoms with van der Waals surface area (Å²) in [5.74, 6) is -2.44. The summed E-state index contributed by atoms with van der Waals surface area (Å²) in [5.41, 5.74) is 5.37. The van der Waals surface area contributed by atoms with Gasteiger partial charge in [0.15, 0.2) is 0 Å². The maximum atomic E-state index is 13.3. The minimum absolute atomic E-state index is 0.0704. The van der Waals surface area contributed by atoms with E-state index in [2.05, 4.69) is 54.0 Å². The molecule has 11 heteroatoms. The average Bonchev–Trinajstić information content (AvgIpc) is 3.58. The molecule has 1 aliphatic heterocycles. The molecule has 0 unspecified atom stereocenters. The van der Waals surface area contributed by atoms with E-state index in [0.29, 0.717) is 25.7 Å². The van der Waals surface area contributed by atoms with Crippen molar-refractivity contribution in [2.75, 3.05) is 0 Å². The second kappa shape index (κ2) is 10.6. The number of amides is 1.